The van der Waals surface area contributed by atoms with Gasteiger partial charge < -0.3 is 28.0 Å². The smallest absolute Gasteiger partial charge is 0 e. The maximum atomic E-state index is 10.7. The molecule has 15 nitrogen and oxygen atoms in total. The van der Waals surface area contributed by atoms with Crippen LogP contribution in [0.3, 0.4) is 0 Å². The van der Waals surface area contributed by atoms with Gasteiger partial charge in [0.2, 0.25) is 0 Å². The Morgan fingerprint density at radius 1 is 0.473 bits per heavy atom. The Balaban J connectivity index is 0.000000216. The topological polar surface area (TPSA) is 170 Å². The standard InChI is InChI=1S/C48H49N4O.C48H46N4O.C7H5N.CHF3O3S.CHO.CH4.2ClH.2Pt/c2*1-46(2,3)32-14-12-15-35(26-32)50-31-51(42-19-11-10-18-41(42)50)36-16-13-17-37(29-36)53-38-21-23-40-39-22-20-33(47(4,5)6)27-43(39)52(44(40)30-38)45-28-34(24-25-49-45)48(7,8)9;8-6-7-4-2-1-3-5-7;2-1(3,4)8(5,6)7;1-2;;;;;/h10-31H,1-9H3;10-28H,1-9H3;1-5H;(H,5,6,7);1H;1H4;2*1H;;/q+1;-2;;;-1;;;;;+2/p-3/i;;;;1D;;;;;. The van der Waals surface area contributed by atoms with Crippen LogP contribution in [0.25, 0.3) is 100 Å². The van der Waals surface area contributed by atoms with Crippen molar-refractivity contribution in [2.24, 2.45) is 0 Å². The number of imidazole rings is 2. The second-order valence-corrected chi connectivity index (χ2v) is 41.6. The first-order valence-corrected chi connectivity index (χ1v) is 48.1. The van der Waals surface area contributed by atoms with Crippen molar-refractivity contribution >= 4 is 101 Å². The third-order valence-electron chi connectivity index (χ3n) is 21.7. The van der Waals surface area contributed by atoms with Crippen molar-refractivity contribution in [3.8, 4) is 63.5 Å². The second kappa shape index (κ2) is 40.4. The SMILES string of the molecule is C.CC(C)(C)c1cccc(-[n+]2[c-]n(-c3[c-]c(Oc4[c-]c5c(cc4)c4ccc(C(C)(C)C)cc4n5-c4cc(C(C)(C)C)ccn4)ccc3)c3ccccc32)c1.CC(C)(C)c1cccc(-[n+]2cn(-c3cccc(Oc4ccc5c6ccc(C(C)(C)C)cc6n(-c6cc(C(C)(C)C)ccn6)c5c4)c3)c3ccccc32)c1.N#Cc1ccccc1.O=S(=O)([O-])C(F)(F)F.[2H][C-]=O.[Cl][Pt][Cl].[Pt]. The van der Waals surface area contributed by atoms with Gasteiger partial charge in [0, 0.05) is 73.4 Å². The van der Waals surface area contributed by atoms with E-state index < -0.39 is 32.1 Å². The van der Waals surface area contributed by atoms with Gasteiger partial charge in [-0.1, -0.05) is 247 Å². The Labute approximate surface area is 787 Å². The molecule has 674 valence electrons. The summed E-state index contributed by atoms with van der Waals surface area (Å²) in [6.45, 7) is 41.2. The number of carbonyl (C=O) groups excluding carboxylic acids is 1. The molecule has 0 N–H and O–H groups in total. The van der Waals surface area contributed by atoms with Gasteiger partial charge in [-0.05, 0) is 186 Å². The molecule has 0 aliphatic rings. The summed E-state index contributed by atoms with van der Waals surface area (Å²) in [5, 5.41) is 12.9. The fraction of sp³-hybridized carbons (Fsp3) is 0.245. The summed E-state index contributed by atoms with van der Waals surface area (Å²) < 4.78 is 90.8. The molecule has 0 saturated heterocycles. The van der Waals surface area contributed by atoms with Gasteiger partial charge in [-0.15, -0.1) is 29.7 Å². The summed E-state index contributed by atoms with van der Waals surface area (Å²) in [4.78, 5) is 18.2. The van der Waals surface area contributed by atoms with Crippen molar-refractivity contribution in [2.75, 3.05) is 0 Å². The normalized spacial score (nSPS) is 12.0. The molecule has 6 heterocycles. The van der Waals surface area contributed by atoms with E-state index in [1.165, 1.54) is 44.2 Å². The molecular weight excluding hydrogens is 2050 g/mol. The van der Waals surface area contributed by atoms with E-state index in [9.17, 15) is 13.2 Å². The van der Waals surface area contributed by atoms with Gasteiger partial charge in [-0.3, -0.25) is 15.9 Å². The van der Waals surface area contributed by atoms with E-state index >= 15 is 0 Å². The molecule has 23 heteroatoms. The van der Waals surface area contributed by atoms with Crippen LogP contribution in [0.15, 0.2) is 280 Å². The Hall–Kier alpha value is -11.3. The van der Waals surface area contributed by atoms with Crippen LogP contribution in [0.4, 0.5) is 13.2 Å². The molecule has 0 spiro atoms. The number of hydrogen-bond acceptors (Lipinski definition) is 9. The zero-order valence-electron chi connectivity index (χ0n) is 75.5. The van der Waals surface area contributed by atoms with Crippen molar-refractivity contribution in [3.63, 3.8) is 0 Å². The van der Waals surface area contributed by atoms with Crippen LogP contribution in [0.5, 0.6) is 23.0 Å². The molecular formula is C106H105Cl2F3N9O6Pt2S-3. The Morgan fingerprint density at radius 2 is 0.907 bits per heavy atom. The molecule has 0 amide bonds. The molecule has 0 atom stereocenters. The zero-order valence-corrected chi connectivity index (χ0v) is 81.3. The third kappa shape index (κ3) is 23.1. The molecule has 0 bridgehead atoms. The van der Waals surface area contributed by atoms with Crippen LogP contribution in [0, 0.1) is 29.8 Å². The number of para-hydroxylation sites is 4. The van der Waals surface area contributed by atoms with Crippen LogP contribution in [-0.2, 0) is 84.9 Å². The number of rotatable bonds is 10. The van der Waals surface area contributed by atoms with Crippen molar-refractivity contribution in [3.05, 3.63) is 337 Å². The first-order valence-electron chi connectivity index (χ1n) is 41.6. The first-order chi connectivity index (χ1) is 60.3. The van der Waals surface area contributed by atoms with Crippen molar-refractivity contribution in [1.82, 2.24) is 28.2 Å². The Morgan fingerprint density at radius 3 is 1.45 bits per heavy atom. The van der Waals surface area contributed by atoms with Crippen molar-refractivity contribution in [1.29, 1.82) is 5.26 Å². The van der Waals surface area contributed by atoms with Gasteiger partial charge >= 0.3 is 40.8 Å². The number of fused-ring (bicyclic) bond motifs is 8. The Bertz CT molecular complexity index is 6700. The minimum absolute atomic E-state index is 0. The number of hydrogen-bond donors (Lipinski definition) is 0. The number of nitrogens with zero attached hydrogens (tertiary/aromatic N) is 9. The number of alkyl halides is 3. The largest absolute Gasteiger partial charge is 0 e. The minimum Gasteiger partial charge on any atom is 0 e. The average Bonchev–Trinajstić information content (AvgIpc) is 1.58. The first kappa shape index (κ1) is 98.3. The predicted molar refractivity (Wildman–Crippen MR) is 508 cm³/mol. The number of nitriles is 1. The molecule has 0 saturated carbocycles. The van der Waals surface area contributed by atoms with E-state index in [4.69, 9.17) is 62.7 Å². The van der Waals surface area contributed by atoms with Crippen LogP contribution < -0.4 is 18.6 Å². The summed E-state index contributed by atoms with van der Waals surface area (Å²) >= 11 is -0.472. The van der Waals surface area contributed by atoms with E-state index in [0.29, 0.717) is 17.1 Å². The molecule has 0 aliphatic heterocycles. The number of aromatic nitrogens is 8. The average molecular weight is 2150 g/mol. The monoisotopic (exact) mass is 2150 g/mol. The molecule has 0 fully saturated rings. The van der Waals surface area contributed by atoms with E-state index in [-0.39, 0.29) is 61.0 Å². The molecule has 17 aromatic rings. The van der Waals surface area contributed by atoms with E-state index in [1.807, 2.05) is 67.0 Å². The minimum atomic E-state index is -6.09. The number of ether oxygens (including phenoxy) is 2. The van der Waals surface area contributed by atoms with Crippen molar-refractivity contribution < 1.29 is 88.5 Å². The maximum Gasteiger partial charge on any atom is 0 e. The van der Waals surface area contributed by atoms with Gasteiger partial charge in [0.1, 0.15) is 34.5 Å². The van der Waals surface area contributed by atoms with Crippen LogP contribution in [0.2, 0.25) is 0 Å². The van der Waals surface area contributed by atoms with Gasteiger partial charge in [0.15, 0.2) is 21.2 Å². The van der Waals surface area contributed by atoms with Crippen LogP contribution in [-0.4, -0.2) is 53.5 Å². The molecule has 6 aromatic heterocycles. The van der Waals surface area contributed by atoms with Gasteiger partial charge in [-0.2, -0.15) is 47.1 Å². The summed E-state index contributed by atoms with van der Waals surface area (Å²) in [6.07, 6.45) is 9.64. The summed E-state index contributed by atoms with van der Waals surface area (Å²) in [7, 11) is 3.66. The van der Waals surface area contributed by atoms with E-state index in [0.717, 1.165) is 108 Å². The van der Waals surface area contributed by atoms with Gasteiger partial charge in [-0.25, -0.2) is 18.4 Å². The van der Waals surface area contributed by atoms with Gasteiger partial charge in [0.05, 0.1) is 39.4 Å². The predicted octanol–water partition coefficient (Wildman–Crippen LogP) is 26.9. The fourth-order valence-corrected chi connectivity index (χ4v) is 14.8. The second-order valence-electron chi connectivity index (χ2n) is 36.9. The van der Waals surface area contributed by atoms with Crippen LogP contribution >= 0.6 is 18.8 Å². The van der Waals surface area contributed by atoms with Crippen LogP contribution in [0.1, 0.15) is 172 Å². The summed E-state index contributed by atoms with van der Waals surface area (Å²) in [5.74, 6) is 4.51. The van der Waals surface area contributed by atoms with Gasteiger partial charge in [0.25, 0.3) is 12.7 Å². The number of halogens is 5. The zero-order chi connectivity index (χ0) is 92.8. The quantitative estimate of drug-likeness (QED) is 0.0425. The third-order valence-corrected chi connectivity index (χ3v) is 22.3. The number of pyridine rings is 2. The molecule has 129 heavy (non-hydrogen) atoms. The molecule has 17 rings (SSSR count). The number of benzene rings is 11. The molecule has 0 unspecified atom stereocenters. The summed E-state index contributed by atoms with van der Waals surface area (Å²) in [6, 6.07) is 100.0. The maximum absolute atomic E-state index is 10.7. The Kier molecular flexibility index (Phi) is 30.7. The molecule has 0 aliphatic carbocycles. The fourth-order valence-electron chi connectivity index (χ4n) is 14.8. The molecule has 0 radical (unpaired) electrons. The summed E-state index contributed by atoms with van der Waals surface area (Å²) in [5.41, 5.74) is 15.4. The van der Waals surface area contributed by atoms with Crippen molar-refractivity contribution in [2.45, 2.75) is 170 Å². The van der Waals surface area contributed by atoms with E-state index in [2.05, 4.69) is 377 Å². The molecule has 11 aromatic carbocycles. The van der Waals surface area contributed by atoms with E-state index in [1.54, 1.807) is 12.1 Å².